The minimum atomic E-state index is -0.00273. The summed E-state index contributed by atoms with van der Waals surface area (Å²) >= 11 is 0. The first-order valence-electron chi connectivity index (χ1n) is 11.1. The van der Waals surface area contributed by atoms with E-state index in [1.54, 1.807) is 12.0 Å². The molecule has 2 aliphatic heterocycles. The number of likely N-dealkylation sites (N-methyl/N-ethyl adjacent to an activating group) is 1. The highest BCUT2D eigenvalue weighted by Crippen LogP contribution is 2.32. The van der Waals surface area contributed by atoms with Gasteiger partial charge in [0.25, 0.3) is 5.91 Å². The lowest BCUT2D eigenvalue weighted by Crippen LogP contribution is -2.38. The maximum absolute atomic E-state index is 13.0. The van der Waals surface area contributed by atoms with Gasteiger partial charge in [0.05, 0.1) is 18.4 Å². The Kier molecular flexibility index (Phi) is 6.30. The number of rotatable bonds is 5. The third-order valence-electron chi connectivity index (χ3n) is 6.45. The lowest BCUT2D eigenvalue weighted by atomic mass is 9.94. The lowest BCUT2D eigenvalue weighted by Gasteiger charge is -2.32. The van der Waals surface area contributed by atoms with E-state index in [2.05, 4.69) is 0 Å². The molecule has 0 spiro atoms. The second-order valence-electron chi connectivity index (χ2n) is 8.85. The van der Waals surface area contributed by atoms with Gasteiger partial charge >= 0.3 is 0 Å². The molecule has 2 amide bonds. The van der Waals surface area contributed by atoms with Gasteiger partial charge in [-0.2, -0.15) is 0 Å². The number of amides is 2. The highest BCUT2D eigenvalue weighted by atomic mass is 16.5. The maximum atomic E-state index is 13.0. The first kappa shape index (κ1) is 22.0. The summed E-state index contributed by atoms with van der Waals surface area (Å²) in [4.78, 5) is 40.4. The van der Waals surface area contributed by atoms with E-state index in [-0.39, 0.29) is 23.7 Å². The molecular weight excluding hydrogens is 406 g/mol. The minimum Gasteiger partial charge on any atom is -0.496 e. The average Bonchev–Trinajstić information content (AvgIpc) is 3.16. The Bertz CT molecular complexity index is 1000. The number of ether oxygens (including phenoxy) is 1. The van der Waals surface area contributed by atoms with Gasteiger partial charge in [0.2, 0.25) is 5.91 Å². The zero-order valence-corrected chi connectivity index (χ0v) is 19.2. The number of benzene rings is 1. The van der Waals surface area contributed by atoms with Gasteiger partial charge in [0.15, 0.2) is 0 Å². The topological polar surface area (TPSA) is 78.9 Å². The van der Waals surface area contributed by atoms with Crippen molar-refractivity contribution >= 4 is 17.6 Å². The predicted molar refractivity (Wildman–Crippen MR) is 122 cm³/mol. The predicted octanol–water partition coefficient (Wildman–Crippen LogP) is 2.52. The number of anilines is 1. The van der Waals surface area contributed by atoms with Crippen LogP contribution in [-0.2, 0) is 4.79 Å². The smallest absolute Gasteiger partial charge is 0.257 e. The molecule has 0 bridgehead atoms. The van der Waals surface area contributed by atoms with E-state index < -0.39 is 0 Å². The maximum Gasteiger partial charge on any atom is 0.257 e. The second-order valence-corrected chi connectivity index (χ2v) is 8.85. The van der Waals surface area contributed by atoms with Crippen LogP contribution < -0.4 is 9.64 Å². The van der Waals surface area contributed by atoms with E-state index in [1.807, 2.05) is 61.3 Å². The molecule has 0 N–H and O–H groups in total. The Morgan fingerprint density at radius 2 is 1.84 bits per heavy atom. The molecule has 0 saturated carbocycles. The molecule has 8 heteroatoms. The van der Waals surface area contributed by atoms with Gasteiger partial charge in [-0.05, 0) is 25.0 Å². The highest BCUT2D eigenvalue weighted by molar-refractivity contribution is 5.97. The van der Waals surface area contributed by atoms with Crippen LogP contribution in [-0.4, -0.2) is 79.5 Å². The second kappa shape index (κ2) is 9.14. The summed E-state index contributed by atoms with van der Waals surface area (Å²) in [6.45, 7) is 1.99. The van der Waals surface area contributed by atoms with Crippen molar-refractivity contribution in [2.75, 3.05) is 52.8 Å². The normalized spacial score (nSPS) is 19.4. The van der Waals surface area contributed by atoms with Gasteiger partial charge in [-0.15, -0.1) is 0 Å². The van der Waals surface area contributed by atoms with Crippen molar-refractivity contribution in [1.29, 1.82) is 0 Å². The molecule has 2 fully saturated rings. The molecule has 4 rings (SSSR count). The summed E-state index contributed by atoms with van der Waals surface area (Å²) in [7, 11) is 7.36. The van der Waals surface area contributed by atoms with Crippen LogP contribution in [0.25, 0.3) is 0 Å². The molecule has 2 saturated heterocycles. The highest BCUT2D eigenvalue weighted by Gasteiger charge is 2.32. The van der Waals surface area contributed by atoms with Gasteiger partial charge in [-0.1, -0.05) is 12.1 Å². The number of carbonyl (C=O) groups excluding carboxylic acids is 2. The molecule has 32 heavy (non-hydrogen) atoms. The van der Waals surface area contributed by atoms with Crippen LogP contribution in [0, 0.1) is 0 Å². The van der Waals surface area contributed by atoms with E-state index in [4.69, 9.17) is 14.7 Å². The number of likely N-dealkylation sites (tertiary alicyclic amines) is 2. The molecule has 3 heterocycles. The minimum absolute atomic E-state index is 0.00273. The van der Waals surface area contributed by atoms with E-state index in [0.29, 0.717) is 37.4 Å². The van der Waals surface area contributed by atoms with E-state index in [1.165, 1.54) is 0 Å². The standard InChI is InChI=1S/C24H31N5O3/c1-27(2)21-14-19(17-13-22(30)28(3)15-17)25-23(26-21)16-9-11-29(12-10-16)24(31)18-7-5-6-8-20(18)32-4/h5-8,14,16-17H,9-13,15H2,1-4H3/t17-/m0/s1. The van der Waals surface area contributed by atoms with Crippen LogP contribution in [0.1, 0.15) is 53.0 Å². The number of carbonyl (C=O) groups is 2. The van der Waals surface area contributed by atoms with Crippen molar-refractivity contribution in [1.82, 2.24) is 19.8 Å². The third kappa shape index (κ3) is 4.40. The summed E-state index contributed by atoms with van der Waals surface area (Å²) in [5.41, 5.74) is 1.53. The zero-order chi connectivity index (χ0) is 22.8. The molecular formula is C24H31N5O3. The molecule has 8 nitrogen and oxygen atoms in total. The van der Waals surface area contributed by atoms with E-state index in [0.717, 1.165) is 30.2 Å². The van der Waals surface area contributed by atoms with Crippen molar-refractivity contribution < 1.29 is 14.3 Å². The number of aromatic nitrogens is 2. The Morgan fingerprint density at radius 3 is 2.47 bits per heavy atom. The SMILES string of the molecule is COc1ccccc1C(=O)N1CCC(c2nc([C@H]3CC(=O)N(C)C3)cc(N(C)C)n2)CC1. The van der Waals surface area contributed by atoms with Gasteiger partial charge in [0, 0.05) is 65.1 Å². The van der Waals surface area contributed by atoms with Crippen LogP contribution in [0.2, 0.25) is 0 Å². The fourth-order valence-corrected chi connectivity index (χ4v) is 4.49. The van der Waals surface area contributed by atoms with Gasteiger partial charge in [-0.25, -0.2) is 9.97 Å². The first-order valence-corrected chi connectivity index (χ1v) is 11.1. The van der Waals surface area contributed by atoms with Crippen molar-refractivity contribution in [3.8, 4) is 5.75 Å². The number of hydrogen-bond acceptors (Lipinski definition) is 6. The molecule has 0 radical (unpaired) electrons. The van der Waals surface area contributed by atoms with Crippen molar-refractivity contribution in [3.63, 3.8) is 0 Å². The molecule has 2 aromatic rings. The Hall–Kier alpha value is -3.16. The number of methoxy groups -OCH3 is 1. The van der Waals surface area contributed by atoms with Crippen molar-refractivity contribution in [2.24, 2.45) is 0 Å². The monoisotopic (exact) mass is 437 g/mol. The van der Waals surface area contributed by atoms with Crippen molar-refractivity contribution in [2.45, 2.75) is 31.1 Å². The summed E-state index contributed by atoms with van der Waals surface area (Å²) in [5.74, 6) is 2.71. The fourth-order valence-electron chi connectivity index (χ4n) is 4.49. The van der Waals surface area contributed by atoms with Crippen molar-refractivity contribution in [3.05, 3.63) is 47.4 Å². The molecule has 170 valence electrons. The first-order chi connectivity index (χ1) is 15.4. The molecule has 0 aliphatic carbocycles. The summed E-state index contributed by atoms with van der Waals surface area (Å²) in [6.07, 6.45) is 2.10. The number of piperidine rings is 1. The van der Waals surface area contributed by atoms with Crippen LogP contribution >= 0.6 is 0 Å². The lowest BCUT2D eigenvalue weighted by molar-refractivity contribution is -0.126. The number of para-hydroxylation sites is 1. The zero-order valence-electron chi connectivity index (χ0n) is 19.2. The number of nitrogens with zero attached hydrogens (tertiary/aromatic N) is 5. The molecule has 1 aromatic carbocycles. The Morgan fingerprint density at radius 1 is 1.12 bits per heavy atom. The largest absolute Gasteiger partial charge is 0.496 e. The van der Waals surface area contributed by atoms with Crippen LogP contribution in [0.15, 0.2) is 30.3 Å². The van der Waals surface area contributed by atoms with Gasteiger partial charge in [0.1, 0.15) is 17.4 Å². The fraction of sp³-hybridized carbons (Fsp3) is 0.500. The van der Waals surface area contributed by atoms with Gasteiger partial charge < -0.3 is 19.4 Å². The van der Waals surface area contributed by atoms with Crippen LogP contribution in [0.3, 0.4) is 0 Å². The molecule has 2 aliphatic rings. The molecule has 1 atom stereocenters. The average molecular weight is 438 g/mol. The number of hydrogen-bond donors (Lipinski definition) is 0. The Balaban J connectivity index is 1.50. The summed E-state index contributed by atoms with van der Waals surface area (Å²) < 4.78 is 5.36. The van der Waals surface area contributed by atoms with Crippen LogP contribution in [0.4, 0.5) is 5.82 Å². The van der Waals surface area contributed by atoms with Gasteiger partial charge in [-0.3, -0.25) is 9.59 Å². The quantitative estimate of drug-likeness (QED) is 0.715. The van der Waals surface area contributed by atoms with E-state index in [9.17, 15) is 9.59 Å². The summed E-state index contributed by atoms with van der Waals surface area (Å²) in [5, 5.41) is 0. The van der Waals surface area contributed by atoms with Crippen LogP contribution in [0.5, 0.6) is 5.75 Å². The molecule has 0 unspecified atom stereocenters. The third-order valence-corrected chi connectivity index (χ3v) is 6.45. The molecule has 1 aromatic heterocycles. The Labute approximate surface area is 189 Å². The van der Waals surface area contributed by atoms with E-state index >= 15 is 0 Å². The summed E-state index contributed by atoms with van der Waals surface area (Å²) in [6, 6.07) is 9.34.